The van der Waals surface area contributed by atoms with Gasteiger partial charge in [0.25, 0.3) is 0 Å². The van der Waals surface area contributed by atoms with Crippen LogP contribution in [0.15, 0.2) is 4.99 Å². The molecule has 1 N–H and O–H groups in total. The van der Waals surface area contributed by atoms with Crippen molar-refractivity contribution in [2.24, 2.45) is 16.3 Å². The fourth-order valence-corrected chi connectivity index (χ4v) is 2.14. The Hall–Kier alpha value is -0.730. The summed E-state index contributed by atoms with van der Waals surface area (Å²) in [6.45, 7) is 15.5. The molecular weight excluding hydrogens is 222 g/mol. The number of likely N-dealkylation sites (tertiary alicyclic amines) is 1. The monoisotopic (exact) mass is 253 g/mol. The minimum Gasteiger partial charge on any atom is -0.357 e. The lowest BCUT2D eigenvalue weighted by molar-refractivity contribution is 0.273. The molecule has 1 heterocycles. The molecule has 0 aromatic rings. The van der Waals surface area contributed by atoms with Gasteiger partial charge in [-0.2, -0.15) is 0 Å². The van der Waals surface area contributed by atoms with Crippen molar-refractivity contribution in [3.05, 3.63) is 0 Å². The average Bonchev–Trinajstić information content (AvgIpc) is 2.27. The summed E-state index contributed by atoms with van der Waals surface area (Å²) in [5.41, 5.74) is 0.372. The van der Waals surface area contributed by atoms with Crippen LogP contribution >= 0.6 is 0 Å². The molecule has 0 atom stereocenters. The maximum atomic E-state index is 4.78. The lowest BCUT2D eigenvalue weighted by Gasteiger charge is -2.33. The van der Waals surface area contributed by atoms with Gasteiger partial charge in [0, 0.05) is 26.2 Å². The van der Waals surface area contributed by atoms with Crippen LogP contribution in [0.3, 0.4) is 0 Å². The highest BCUT2D eigenvalue weighted by Gasteiger charge is 2.18. The number of nitrogens with one attached hydrogen (secondary N) is 1. The van der Waals surface area contributed by atoms with E-state index in [1.807, 2.05) is 0 Å². The number of aliphatic imine (C=N–C) groups is 1. The first-order valence-electron chi connectivity index (χ1n) is 7.45. The Morgan fingerprint density at radius 2 is 1.89 bits per heavy atom. The zero-order valence-electron chi connectivity index (χ0n) is 12.9. The van der Waals surface area contributed by atoms with Crippen LogP contribution in [0.5, 0.6) is 0 Å². The van der Waals surface area contributed by atoms with E-state index in [9.17, 15) is 0 Å². The molecule has 1 fully saturated rings. The van der Waals surface area contributed by atoms with Crippen LogP contribution in [-0.2, 0) is 0 Å². The maximum absolute atomic E-state index is 4.78. The number of hydrogen-bond donors (Lipinski definition) is 1. The topological polar surface area (TPSA) is 27.6 Å². The Morgan fingerprint density at radius 3 is 2.39 bits per heavy atom. The van der Waals surface area contributed by atoms with E-state index in [0.717, 1.165) is 44.5 Å². The molecule has 0 spiro atoms. The Kier molecular flexibility index (Phi) is 5.97. The van der Waals surface area contributed by atoms with E-state index in [0.29, 0.717) is 5.41 Å². The van der Waals surface area contributed by atoms with Crippen molar-refractivity contribution in [1.82, 2.24) is 10.2 Å². The molecule has 1 saturated heterocycles. The second-order valence-electron chi connectivity index (χ2n) is 6.72. The second kappa shape index (κ2) is 7.01. The van der Waals surface area contributed by atoms with Crippen molar-refractivity contribution in [3.63, 3.8) is 0 Å². The summed E-state index contributed by atoms with van der Waals surface area (Å²) in [6.07, 6.45) is 3.74. The molecule has 0 bridgehead atoms. The molecule has 0 aromatic carbocycles. The molecule has 1 rings (SSSR count). The van der Waals surface area contributed by atoms with Gasteiger partial charge >= 0.3 is 0 Å². The third-order valence-corrected chi connectivity index (χ3v) is 3.54. The van der Waals surface area contributed by atoms with E-state index in [-0.39, 0.29) is 0 Å². The second-order valence-corrected chi connectivity index (χ2v) is 6.72. The molecule has 0 aromatic heterocycles. The van der Waals surface area contributed by atoms with Crippen LogP contribution in [0, 0.1) is 11.3 Å². The summed E-state index contributed by atoms with van der Waals surface area (Å²) in [5, 5.41) is 3.43. The number of rotatable bonds is 3. The number of hydrogen-bond acceptors (Lipinski definition) is 1. The van der Waals surface area contributed by atoms with Gasteiger partial charge in [-0.05, 0) is 37.5 Å². The first kappa shape index (κ1) is 15.3. The quantitative estimate of drug-likeness (QED) is 0.618. The van der Waals surface area contributed by atoms with E-state index in [2.05, 4.69) is 44.8 Å². The normalized spacial score (nSPS) is 19.2. The van der Waals surface area contributed by atoms with Crippen LogP contribution in [0.2, 0.25) is 0 Å². The molecule has 3 nitrogen and oxygen atoms in total. The van der Waals surface area contributed by atoms with E-state index >= 15 is 0 Å². The van der Waals surface area contributed by atoms with Gasteiger partial charge in [-0.15, -0.1) is 0 Å². The summed E-state index contributed by atoms with van der Waals surface area (Å²) in [4.78, 5) is 7.20. The Labute approximate surface area is 113 Å². The minimum absolute atomic E-state index is 0.372. The molecule has 18 heavy (non-hydrogen) atoms. The van der Waals surface area contributed by atoms with Crippen LogP contribution in [0.25, 0.3) is 0 Å². The zero-order valence-corrected chi connectivity index (χ0v) is 12.9. The molecular formula is C15H31N3. The predicted molar refractivity (Wildman–Crippen MR) is 80.0 cm³/mol. The van der Waals surface area contributed by atoms with Gasteiger partial charge in [-0.3, -0.25) is 4.99 Å². The fourth-order valence-electron chi connectivity index (χ4n) is 2.14. The first-order valence-corrected chi connectivity index (χ1v) is 7.45. The minimum atomic E-state index is 0.372. The summed E-state index contributed by atoms with van der Waals surface area (Å²) >= 11 is 0. The summed E-state index contributed by atoms with van der Waals surface area (Å²) in [7, 11) is 0. The van der Waals surface area contributed by atoms with Crippen LogP contribution in [0.4, 0.5) is 0 Å². The molecule has 3 heteroatoms. The molecule has 0 aliphatic carbocycles. The van der Waals surface area contributed by atoms with Crippen molar-refractivity contribution in [2.45, 2.75) is 53.9 Å². The van der Waals surface area contributed by atoms with E-state index in [4.69, 9.17) is 4.99 Å². The fraction of sp³-hybridized carbons (Fsp3) is 0.933. The highest BCUT2D eigenvalue weighted by Crippen LogP contribution is 2.19. The lowest BCUT2D eigenvalue weighted by Crippen LogP contribution is -2.45. The lowest BCUT2D eigenvalue weighted by atomic mass is 9.92. The Morgan fingerprint density at radius 1 is 1.28 bits per heavy atom. The Bertz CT molecular complexity index is 257. The third-order valence-electron chi connectivity index (χ3n) is 3.54. The van der Waals surface area contributed by atoms with Crippen molar-refractivity contribution in [1.29, 1.82) is 0 Å². The summed E-state index contributed by atoms with van der Waals surface area (Å²) in [6, 6.07) is 0. The van der Waals surface area contributed by atoms with E-state index in [1.165, 1.54) is 12.8 Å². The first-order chi connectivity index (χ1) is 8.42. The zero-order chi connectivity index (χ0) is 13.6. The van der Waals surface area contributed by atoms with Crippen LogP contribution in [0.1, 0.15) is 53.9 Å². The molecule has 1 aliphatic rings. The van der Waals surface area contributed by atoms with Gasteiger partial charge < -0.3 is 10.2 Å². The molecule has 0 amide bonds. The largest absolute Gasteiger partial charge is 0.357 e. The van der Waals surface area contributed by atoms with Crippen molar-refractivity contribution < 1.29 is 0 Å². The number of piperidine rings is 1. The van der Waals surface area contributed by atoms with Gasteiger partial charge in [0.05, 0.1) is 0 Å². The third kappa shape index (κ3) is 5.74. The predicted octanol–water partition coefficient (Wildman–Crippen LogP) is 3.12. The molecule has 0 saturated carbocycles. The van der Waals surface area contributed by atoms with E-state index < -0.39 is 0 Å². The highest BCUT2D eigenvalue weighted by atomic mass is 15.3. The average molecular weight is 253 g/mol. The van der Waals surface area contributed by atoms with Crippen molar-refractivity contribution in [2.75, 3.05) is 26.2 Å². The van der Waals surface area contributed by atoms with Crippen molar-refractivity contribution in [3.8, 4) is 0 Å². The highest BCUT2D eigenvalue weighted by molar-refractivity contribution is 5.80. The molecule has 106 valence electrons. The SMILES string of the molecule is CCNC(=NCCC(C)(C)C)N1CCC(C)CC1. The van der Waals surface area contributed by atoms with Gasteiger partial charge in [0.2, 0.25) is 0 Å². The number of guanidine groups is 1. The van der Waals surface area contributed by atoms with Gasteiger partial charge in [0.15, 0.2) is 5.96 Å². The van der Waals surface area contributed by atoms with Gasteiger partial charge in [-0.1, -0.05) is 27.7 Å². The van der Waals surface area contributed by atoms with Crippen molar-refractivity contribution >= 4 is 5.96 Å². The van der Waals surface area contributed by atoms with Gasteiger partial charge in [-0.25, -0.2) is 0 Å². The number of nitrogens with zero attached hydrogens (tertiary/aromatic N) is 2. The smallest absolute Gasteiger partial charge is 0.193 e. The maximum Gasteiger partial charge on any atom is 0.193 e. The van der Waals surface area contributed by atoms with Crippen LogP contribution in [-0.4, -0.2) is 37.0 Å². The molecule has 1 aliphatic heterocycles. The summed E-state index contributed by atoms with van der Waals surface area (Å²) < 4.78 is 0. The van der Waals surface area contributed by atoms with Crippen LogP contribution < -0.4 is 5.32 Å². The molecule has 0 unspecified atom stereocenters. The van der Waals surface area contributed by atoms with Gasteiger partial charge in [0.1, 0.15) is 0 Å². The standard InChI is InChI=1S/C15H31N3/c1-6-16-14(17-10-9-15(3,4)5)18-11-7-13(2)8-12-18/h13H,6-12H2,1-5H3,(H,16,17). The van der Waals surface area contributed by atoms with E-state index in [1.54, 1.807) is 0 Å². The summed E-state index contributed by atoms with van der Waals surface area (Å²) in [5.74, 6) is 1.99. The Balaban J connectivity index is 2.50. The molecule has 0 radical (unpaired) electrons.